The molecule has 0 aliphatic rings. The van der Waals surface area contributed by atoms with E-state index in [2.05, 4.69) is 22.5 Å². The summed E-state index contributed by atoms with van der Waals surface area (Å²) in [7, 11) is 1.89. The van der Waals surface area contributed by atoms with Crippen LogP contribution in [0.4, 0.5) is 10.5 Å². The Bertz CT molecular complexity index is 363. The first-order chi connectivity index (χ1) is 7.76. The van der Waals surface area contributed by atoms with Crippen molar-refractivity contribution in [3.8, 4) is 0 Å². The third-order valence-corrected chi connectivity index (χ3v) is 1.97. The average molecular weight is 219 g/mol. The van der Waals surface area contributed by atoms with Gasteiger partial charge in [0.1, 0.15) is 0 Å². The Balaban J connectivity index is 2.55. The van der Waals surface area contributed by atoms with Gasteiger partial charge >= 0.3 is 6.03 Å². The fraction of sp³-hybridized carbons (Fsp3) is 0.250. The Kier molecular flexibility index (Phi) is 5.08. The first-order valence-corrected chi connectivity index (χ1v) is 5.15. The van der Waals surface area contributed by atoms with Crippen molar-refractivity contribution in [2.24, 2.45) is 0 Å². The van der Waals surface area contributed by atoms with Crippen LogP contribution in [0.25, 0.3) is 0 Å². The lowest BCUT2D eigenvalue weighted by molar-refractivity contribution is 0.253. The van der Waals surface area contributed by atoms with Crippen LogP contribution < -0.4 is 16.0 Å². The molecule has 86 valence electrons. The molecule has 0 atom stereocenters. The maximum Gasteiger partial charge on any atom is 0.319 e. The van der Waals surface area contributed by atoms with Gasteiger partial charge in [-0.2, -0.15) is 0 Å². The van der Waals surface area contributed by atoms with Crippen LogP contribution in [0.1, 0.15) is 5.56 Å². The molecule has 1 rings (SSSR count). The van der Waals surface area contributed by atoms with Crippen LogP contribution in [0.5, 0.6) is 0 Å². The average Bonchev–Trinajstić information content (AvgIpc) is 2.27. The molecule has 2 amide bonds. The van der Waals surface area contributed by atoms with E-state index in [0.717, 1.165) is 17.8 Å². The minimum Gasteiger partial charge on any atom is -0.334 e. The standard InChI is InChI=1S/C12H17N3O/c1-3-7-14-12(16)15-11-6-4-5-10(8-11)9-13-2/h3-6,8,13H,1,7,9H2,2H3,(H2,14,15,16). The van der Waals surface area contributed by atoms with Crippen molar-refractivity contribution in [3.05, 3.63) is 42.5 Å². The van der Waals surface area contributed by atoms with E-state index in [1.165, 1.54) is 0 Å². The number of benzene rings is 1. The van der Waals surface area contributed by atoms with Gasteiger partial charge in [-0.3, -0.25) is 0 Å². The summed E-state index contributed by atoms with van der Waals surface area (Å²) < 4.78 is 0. The van der Waals surface area contributed by atoms with E-state index >= 15 is 0 Å². The molecule has 1 aromatic rings. The Hall–Kier alpha value is -1.81. The van der Waals surface area contributed by atoms with Gasteiger partial charge in [0.15, 0.2) is 0 Å². The van der Waals surface area contributed by atoms with Crippen molar-refractivity contribution in [2.75, 3.05) is 18.9 Å². The molecule has 0 unspecified atom stereocenters. The molecule has 3 N–H and O–H groups in total. The molecule has 1 aromatic carbocycles. The molecule has 0 aliphatic heterocycles. The molecule has 0 saturated heterocycles. The predicted molar refractivity (Wildman–Crippen MR) is 66.4 cm³/mol. The zero-order valence-electron chi connectivity index (χ0n) is 9.42. The van der Waals surface area contributed by atoms with Crippen molar-refractivity contribution >= 4 is 11.7 Å². The van der Waals surface area contributed by atoms with Gasteiger partial charge in [-0.25, -0.2) is 4.79 Å². The van der Waals surface area contributed by atoms with Crippen molar-refractivity contribution < 1.29 is 4.79 Å². The van der Waals surface area contributed by atoms with Gasteiger partial charge in [0, 0.05) is 18.8 Å². The predicted octanol–water partition coefficient (Wildman–Crippen LogP) is 1.71. The van der Waals surface area contributed by atoms with E-state index < -0.39 is 0 Å². The summed E-state index contributed by atoms with van der Waals surface area (Å²) in [6.07, 6.45) is 1.64. The molecule has 4 nitrogen and oxygen atoms in total. The third kappa shape index (κ3) is 4.14. The molecule has 0 aromatic heterocycles. The van der Waals surface area contributed by atoms with E-state index in [1.54, 1.807) is 6.08 Å². The van der Waals surface area contributed by atoms with Crippen LogP contribution in [0, 0.1) is 0 Å². The van der Waals surface area contributed by atoms with E-state index in [-0.39, 0.29) is 6.03 Å². The molecule has 16 heavy (non-hydrogen) atoms. The zero-order valence-corrected chi connectivity index (χ0v) is 9.42. The van der Waals surface area contributed by atoms with Crippen LogP contribution in [0.2, 0.25) is 0 Å². The van der Waals surface area contributed by atoms with Crippen LogP contribution in [-0.4, -0.2) is 19.6 Å². The number of carbonyl (C=O) groups excluding carboxylic acids is 1. The number of rotatable bonds is 5. The molecule has 4 heteroatoms. The number of anilines is 1. The lowest BCUT2D eigenvalue weighted by atomic mass is 10.2. The van der Waals surface area contributed by atoms with Crippen LogP contribution >= 0.6 is 0 Å². The Morgan fingerprint density at radius 2 is 2.31 bits per heavy atom. The summed E-state index contributed by atoms with van der Waals surface area (Å²) in [4.78, 5) is 11.4. The number of urea groups is 1. The van der Waals surface area contributed by atoms with E-state index in [4.69, 9.17) is 0 Å². The second kappa shape index (κ2) is 6.63. The molecule has 0 bridgehead atoms. The van der Waals surface area contributed by atoms with Crippen LogP contribution in [-0.2, 0) is 6.54 Å². The van der Waals surface area contributed by atoms with E-state index in [1.807, 2.05) is 31.3 Å². The Morgan fingerprint density at radius 1 is 1.50 bits per heavy atom. The first-order valence-electron chi connectivity index (χ1n) is 5.15. The normalized spacial score (nSPS) is 9.56. The van der Waals surface area contributed by atoms with Crippen molar-refractivity contribution in [2.45, 2.75) is 6.54 Å². The fourth-order valence-corrected chi connectivity index (χ4v) is 1.30. The lowest BCUT2D eigenvalue weighted by Crippen LogP contribution is -2.28. The second-order valence-corrected chi connectivity index (χ2v) is 3.35. The highest BCUT2D eigenvalue weighted by molar-refractivity contribution is 5.89. The van der Waals surface area contributed by atoms with Gasteiger partial charge in [0.05, 0.1) is 0 Å². The van der Waals surface area contributed by atoms with Gasteiger partial charge < -0.3 is 16.0 Å². The van der Waals surface area contributed by atoms with E-state index in [9.17, 15) is 4.79 Å². The molecule has 0 fully saturated rings. The minimum absolute atomic E-state index is 0.221. The smallest absolute Gasteiger partial charge is 0.319 e. The quantitative estimate of drug-likeness (QED) is 0.660. The zero-order chi connectivity index (χ0) is 11.8. The SMILES string of the molecule is C=CCNC(=O)Nc1cccc(CNC)c1. The van der Waals surface area contributed by atoms with Gasteiger partial charge in [-0.05, 0) is 24.7 Å². The summed E-state index contributed by atoms with van der Waals surface area (Å²) >= 11 is 0. The maximum absolute atomic E-state index is 11.4. The number of nitrogens with one attached hydrogen (secondary N) is 3. The number of hydrogen-bond acceptors (Lipinski definition) is 2. The highest BCUT2D eigenvalue weighted by Gasteiger charge is 2.00. The summed E-state index contributed by atoms with van der Waals surface area (Å²) in [6, 6.07) is 7.48. The molecule has 0 heterocycles. The topological polar surface area (TPSA) is 53.2 Å². The lowest BCUT2D eigenvalue weighted by Gasteiger charge is -2.07. The highest BCUT2D eigenvalue weighted by Crippen LogP contribution is 2.10. The molecule has 0 spiro atoms. The number of amides is 2. The van der Waals surface area contributed by atoms with Crippen LogP contribution in [0.3, 0.4) is 0 Å². The monoisotopic (exact) mass is 219 g/mol. The van der Waals surface area contributed by atoms with Crippen LogP contribution in [0.15, 0.2) is 36.9 Å². The molecule has 0 saturated carbocycles. The van der Waals surface area contributed by atoms with Gasteiger partial charge in [-0.1, -0.05) is 18.2 Å². The number of carbonyl (C=O) groups is 1. The van der Waals surface area contributed by atoms with Crippen molar-refractivity contribution in [1.82, 2.24) is 10.6 Å². The van der Waals surface area contributed by atoms with Gasteiger partial charge in [0.2, 0.25) is 0 Å². The van der Waals surface area contributed by atoms with Gasteiger partial charge in [-0.15, -0.1) is 6.58 Å². The first kappa shape index (κ1) is 12.3. The summed E-state index contributed by atoms with van der Waals surface area (Å²) in [5, 5.41) is 8.46. The number of hydrogen-bond donors (Lipinski definition) is 3. The van der Waals surface area contributed by atoms with Gasteiger partial charge in [0.25, 0.3) is 0 Å². The summed E-state index contributed by atoms with van der Waals surface area (Å²) in [5.41, 5.74) is 1.92. The molecular weight excluding hydrogens is 202 g/mol. The van der Waals surface area contributed by atoms with E-state index in [0.29, 0.717) is 6.54 Å². The molecular formula is C12H17N3O. The van der Waals surface area contributed by atoms with Crippen molar-refractivity contribution in [3.63, 3.8) is 0 Å². The summed E-state index contributed by atoms with van der Waals surface area (Å²) in [5.74, 6) is 0. The third-order valence-electron chi connectivity index (χ3n) is 1.97. The Morgan fingerprint density at radius 3 is 3.00 bits per heavy atom. The highest BCUT2D eigenvalue weighted by atomic mass is 16.2. The second-order valence-electron chi connectivity index (χ2n) is 3.35. The summed E-state index contributed by atoms with van der Waals surface area (Å²) in [6.45, 7) is 4.77. The fourth-order valence-electron chi connectivity index (χ4n) is 1.30. The minimum atomic E-state index is -0.221. The van der Waals surface area contributed by atoms with Crippen molar-refractivity contribution in [1.29, 1.82) is 0 Å². The molecule has 0 radical (unpaired) electrons. The Labute approximate surface area is 95.7 Å². The molecule has 0 aliphatic carbocycles. The largest absolute Gasteiger partial charge is 0.334 e. The maximum atomic E-state index is 11.4.